The Bertz CT molecular complexity index is 527. The van der Waals surface area contributed by atoms with Crippen LogP contribution in [0.5, 0.6) is 5.75 Å². The van der Waals surface area contributed by atoms with E-state index in [2.05, 4.69) is 58.2 Å². The summed E-state index contributed by atoms with van der Waals surface area (Å²) in [6, 6.07) is 16.4. The SMILES string of the molecule is COc1cccc(N(C)c2ccccc2CBr)c1. The average molecular weight is 306 g/mol. The minimum atomic E-state index is 0.845. The van der Waals surface area contributed by atoms with Gasteiger partial charge in [0.2, 0.25) is 0 Å². The van der Waals surface area contributed by atoms with Gasteiger partial charge in [-0.15, -0.1) is 0 Å². The van der Waals surface area contributed by atoms with Crippen LogP contribution in [0.25, 0.3) is 0 Å². The third kappa shape index (κ3) is 2.67. The third-order valence-electron chi connectivity index (χ3n) is 2.94. The van der Waals surface area contributed by atoms with Crippen LogP contribution in [0, 0.1) is 0 Å². The summed E-state index contributed by atoms with van der Waals surface area (Å²) in [5, 5.41) is 0.845. The Kier molecular flexibility index (Phi) is 4.26. The fourth-order valence-electron chi connectivity index (χ4n) is 1.91. The highest BCUT2D eigenvalue weighted by molar-refractivity contribution is 9.08. The van der Waals surface area contributed by atoms with E-state index in [-0.39, 0.29) is 0 Å². The maximum Gasteiger partial charge on any atom is 0.120 e. The second-order valence-corrected chi connectivity index (χ2v) is 4.58. The highest BCUT2D eigenvalue weighted by Gasteiger charge is 2.08. The number of methoxy groups -OCH3 is 1. The summed E-state index contributed by atoms with van der Waals surface area (Å²) >= 11 is 3.53. The molecule has 2 aromatic carbocycles. The van der Waals surface area contributed by atoms with E-state index >= 15 is 0 Å². The predicted octanol–water partition coefficient (Wildman–Crippen LogP) is 4.36. The number of ether oxygens (including phenoxy) is 1. The Hall–Kier alpha value is -1.48. The normalized spacial score (nSPS) is 10.2. The maximum atomic E-state index is 5.26. The Morgan fingerprint density at radius 3 is 2.61 bits per heavy atom. The zero-order chi connectivity index (χ0) is 13.0. The van der Waals surface area contributed by atoms with Crippen LogP contribution in [-0.4, -0.2) is 14.2 Å². The van der Waals surface area contributed by atoms with Crippen molar-refractivity contribution in [3.05, 3.63) is 54.1 Å². The molecule has 0 N–H and O–H groups in total. The van der Waals surface area contributed by atoms with Crippen molar-refractivity contribution in [1.82, 2.24) is 0 Å². The van der Waals surface area contributed by atoms with E-state index in [0.717, 1.165) is 16.8 Å². The first-order valence-corrected chi connectivity index (χ1v) is 6.90. The van der Waals surface area contributed by atoms with Gasteiger partial charge in [-0.1, -0.05) is 40.2 Å². The number of benzene rings is 2. The number of anilines is 2. The molecular weight excluding hydrogens is 290 g/mol. The van der Waals surface area contributed by atoms with E-state index in [4.69, 9.17) is 4.74 Å². The van der Waals surface area contributed by atoms with E-state index in [1.165, 1.54) is 11.3 Å². The summed E-state index contributed by atoms with van der Waals surface area (Å²) in [6.07, 6.45) is 0. The highest BCUT2D eigenvalue weighted by atomic mass is 79.9. The first-order chi connectivity index (χ1) is 8.76. The van der Waals surface area contributed by atoms with E-state index < -0.39 is 0 Å². The van der Waals surface area contributed by atoms with E-state index in [1.54, 1.807) is 7.11 Å². The van der Waals surface area contributed by atoms with Gasteiger partial charge in [0, 0.05) is 29.8 Å². The second kappa shape index (κ2) is 5.91. The van der Waals surface area contributed by atoms with Gasteiger partial charge >= 0.3 is 0 Å². The van der Waals surface area contributed by atoms with Crippen molar-refractivity contribution in [3.63, 3.8) is 0 Å². The zero-order valence-corrected chi connectivity index (χ0v) is 12.1. The third-order valence-corrected chi connectivity index (χ3v) is 3.54. The van der Waals surface area contributed by atoms with Gasteiger partial charge in [-0.3, -0.25) is 0 Å². The number of hydrogen-bond donors (Lipinski definition) is 0. The molecule has 94 valence electrons. The fourth-order valence-corrected chi connectivity index (χ4v) is 2.38. The van der Waals surface area contributed by atoms with Gasteiger partial charge in [-0.25, -0.2) is 0 Å². The molecule has 0 fully saturated rings. The summed E-state index contributed by atoms with van der Waals surface area (Å²) in [7, 11) is 3.75. The minimum Gasteiger partial charge on any atom is -0.497 e. The summed E-state index contributed by atoms with van der Waals surface area (Å²) < 4.78 is 5.26. The van der Waals surface area contributed by atoms with Crippen molar-refractivity contribution in [1.29, 1.82) is 0 Å². The summed E-state index contributed by atoms with van der Waals surface area (Å²) in [5.74, 6) is 0.871. The van der Waals surface area contributed by atoms with Crippen LogP contribution in [0.4, 0.5) is 11.4 Å². The second-order valence-electron chi connectivity index (χ2n) is 4.02. The standard InChI is InChI=1S/C15H16BrNO/c1-17(13-7-5-8-14(10-13)18-2)15-9-4-3-6-12(15)11-16/h3-10H,11H2,1-2H3. The molecule has 0 unspecified atom stereocenters. The van der Waals surface area contributed by atoms with Crippen LogP contribution in [0.2, 0.25) is 0 Å². The van der Waals surface area contributed by atoms with Crippen LogP contribution in [0.3, 0.4) is 0 Å². The Morgan fingerprint density at radius 1 is 1.11 bits per heavy atom. The molecule has 2 nitrogen and oxygen atoms in total. The van der Waals surface area contributed by atoms with Gasteiger partial charge in [-0.2, -0.15) is 0 Å². The van der Waals surface area contributed by atoms with Crippen LogP contribution in [0.15, 0.2) is 48.5 Å². The molecule has 0 radical (unpaired) electrons. The van der Waals surface area contributed by atoms with Crippen molar-refractivity contribution in [2.24, 2.45) is 0 Å². The van der Waals surface area contributed by atoms with Gasteiger partial charge in [0.1, 0.15) is 5.75 Å². The molecule has 0 aromatic heterocycles. The van der Waals surface area contributed by atoms with E-state index in [1.807, 2.05) is 18.2 Å². The van der Waals surface area contributed by atoms with Crippen molar-refractivity contribution >= 4 is 27.3 Å². The number of nitrogens with zero attached hydrogens (tertiary/aromatic N) is 1. The first kappa shape index (κ1) is 13.0. The molecule has 0 aliphatic rings. The Morgan fingerprint density at radius 2 is 1.89 bits per heavy atom. The average Bonchev–Trinajstić information content (AvgIpc) is 2.46. The Labute approximate surface area is 116 Å². The molecule has 2 aromatic rings. The molecular formula is C15H16BrNO. The van der Waals surface area contributed by atoms with Crippen LogP contribution in [0.1, 0.15) is 5.56 Å². The topological polar surface area (TPSA) is 12.5 Å². The fraction of sp³-hybridized carbons (Fsp3) is 0.200. The molecule has 0 saturated carbocycles. The summed E-state index contributed by atoms with van der Waals surface area (Å²) in [5.41, 5.74) is 3.58. The smallest absolute Gasteiger partial charge is 0.120 e. The molecule has 3 heteroatoms. The first-order valence-electron chi connectivity index (χ1n) is 5.78. The quantitative estimate of drug-likeness (QED) is 0.778. The molecule has 0 atom stereocenters. The van der Waals surface area contributed by atoms with E-state index in [9.17, 15) is 0 Å². The molecule has 0 spiro atoms. The minimum absolute atomic E-state index is 0.845. The zero-order valence-electron chi connectivity index (χ0n) is 10.6. The molecule has 0 bridgehead atoms. The molecule has 0 aliphatic heterocycles. The lowest BCUT2D eigenvalue weighted by Crippen LogP contribution is -2.11. The molecule has 2 rings (SSSR count). The maximum absolute atomic E-state index is 5.26. The van der Waals surface area contributed by atoms with Crippen LogP contribution >= 0.6 is 15.9 Å². The predicted molar refractivity (Wildman–Crippen MR) is 80.1 cm³/mol. The van der Waals surface area contributed by atoms with Crippen LogP contribution < -0.4 is 9.64 Å². The Balaban J connectivity index is 2.37. The van der Waals surface area contributed by atoms with Crippen molar-refractivity contribution < 1.29 is 4.74 Å². The van der Waals surface area contributed by atoms with Crippen LogP contribution in [-0.2, 0) is 5.33 Å². The van der Waals surface area contributed by atoms with E-state index in [0.29, 0.717) is 0 Å². The lowest BCUT2D eigenvalue weighted by molar-refractivity contribution is 0.415. The molecule has 18 heavy (non-hydrogen) atoms. The largest absolute Gasteiger partial charge is 0.497 e. The van der Waals surface area contributed by atoms with Gasteiger partial charge in [-0.05, 0) is 23.8 Å². The van der Waals surface area contributed by atoms with Gasteiger partial charge in [0.05, 0.1) is 7.11 Å². The van der Waals surface area contributed by atoms with Crippen molar-refractivity contribution in [3.8, 4) is 5.75 Å². The van der Waals surface area contributed by atoms with Gasteiger partial charge < -0.3 is 9.64 Å². The van der Waals surface area contributed by atoms with Gasteiger partial charge in [0.25, 0.3) is 0 Å². The summed E-state index contributed by atoms with van der Waals surface area (Å²) in [6.45, 7) is 0. The highest BCUT2D eigenvalue weighted by Crippen LogP contribution is 2.30. The molecule has 0 saturated heterocycles. The molecule has 0 amide bonds. The van der Waals surface area contributed by atoms with Crippen molar-refractivity contribution in [2.75, 3.05) is 19.1 Å². The lowest BCUT2D eigenvalue weighted by Gasteiger charge is -2.22. The number of alkyl halides is 1. The number of hydrogen-bond acceptors (Lipinski definition) is 2. The molecule has 0 heterocycles. The monoisotopic (exact) mass is 305 g/mol. The van der Waals surface area contributed by atoms with Crippen molar-refractivity contribution in [2.45, 2.75) is 5.33 Å². The molecule has 0 aliphatic carbocycles. The number of para-hydroxylation sites is 1. The van der Waals surface area contributed by atoms with Gasteiger partial charge in [0.15, 0.2) is 0 Å². The summed E-state index contributed by atoms with van der Waals surface area (Å²) in [4.78, 5) is 2.17. The number of halogens is 1. The lowest BCUT2D eigenvalue weighted by atomic mass is 10.1. The number of rotatable bonds is 4.